The van der Waals surface area contributed by atoms with Gasteiger partial charge >= 0.3 is 29.8 Å². The second-order valence-electron chi connectivity index (χ2n) is 20.8. The maximum Gasteiger partial charge on any atom is 0.347 e. The number of methoxy groups -OCH3 is 2. The highest BCUT2D eigenvalue weighted by molar-refractivity contribution is 6.31. The van der Waals surface area contributed by atoms with E-state index in [-0.39, 0.29) is 43.3 Å². The highest BCUT2D eigenvalue weighted by Crippen LogP contribution is 2.54. The van der Waals surface area contributed by atoms with Gasteiger partial charge in [-0.05, 0) is 39.2 Å². The number of esters is 3. The van der Waals surface area contributed by atoms with E-state index in [1.165, 1.54) is 46.3 Å². The highest BCUT2D eigenvalue weighted by Gasteiger charge is 2.57. The van der Waals surface area contributed by atoms with Crippen molar-refractivity contribution in [1.82, 2.24) is 10.6 Å². The number of hydrogen-bond donors (Lipinski definition) is 10. The van der Waals surface area contributed by atoms with Crippen LogP contribution in [-0.2, 0) is 93.3 Å². The number of rotatable bonds is 33. The Labute approximate surface area is 490 Å². The first-order valence-electron chi connectivity index (χ1n) is 27.1. The summed E-state index contributed by atoms with van der Waals surface area (Å²) in [6.07, 6.45) is -14.2. The third kappa shape index (κ3) is 17.2. The number of nitrogens with one attached hydrogen (secondary N) is 2. The van der Waals surface area contributed by atoms with E-state index in [9.17, 15) is 98.4 Å². The number of carbonyl (C=O) groups excluding carboxylic acids is 10. The Morgan fingerprint density at radius 2 is 1.50 bits per heavy atom. The molecule has 0 bridgehead atoms. The predicted molar refractivity (Wildman–Crippen MR) is 284 cm³/mol. The number of ketones is 5. The predicted octanol–water partition coefficient (Wildman–Crippen LogP) is -0.891. The molecule has 30 nitrogen and oxygen atoms in total. The van der Waals surface area contributed by atoms with Gasteiger partial charge in [-0.3, -0.25) is 52.7 Å². The Bertz CT molecular complexity index is 2940. The zero-order chi connectivity index (χ0) is 64.0. The summed E-state index contributed by atoms with van der Waals surface area (Å²) in [6, 6.07) is 0.762. The second kappa shape index (κ2) is 30.5. The van der Waals surface area contributed by atoms with E-state index in [1.807, 2.05) is 0 Å². The fourth-order valence-electron chi connectivity index (χ4n) is 10.2. The number of aromatic hydroxyl groups is 2. The number of fused-ring (bicyclic) bond motifs is 3. The van der Waals surface area contributed by atoms with Gasteiger partial charge in [0.2, 0.25) is 23.4 Å². The van der Waals surface area contributed by atoms with Crippen molar-refractivity contribution in [3.05, 3.63) is 51.6 Å². The van der Waals surface area contributed by atoms with Gasteiger partial charge in [0.25, 0.3) is 0 Å². The topological polar surface area (TPSA) is 465 Å². The summed E-state index contributed by atoms with van der Waals surface area (Å²) < 4.78 is 42.1. The van der Waals surface area contributed by atoms with Crippen LogP contribution >= 0.6 is 0 Å². The maximum atomic E-state index is 14.2. The minimum Gasteiger partial charge on any atom is -0.507 e. The number of carboxylic acids is 2. The molecule has 472 valence electrons. The lowest BCUT2D eigenvalue weighted by Crippen LogP contribution is -2.58. The standard InChI is InChI=1S/C56H70N2O28/c1-26-47(68)35(21-42(85-26)86-56(78)25-55(77,38(63)23-59)22-33-46(56)51(72)45-44(49(33)70)48(69)32-7-6-8-37(80-5)43(32)50(45)71)57-39(64)12-11-34(36(62)20-30(53(74)75)9-13-40(65)66)58-52(73)29(10-14-41(67)82-18-17-81-16-15-79-4)19-31(61)24-83-54(76)27(2)84-28(3)60/h6-8,26-27,29-30,34-35,42,47,59,68,70,72,77-78H,9-25H2,1-5H3,(H,57,64)(H,58,73)(H,65,66)(H,74,75)/t26-,27?,29?,30?,34?,35-,42-,47+,55-,56-/m0/s1. The number of aliphatic hydroxyl groups excluding tert-OH is 2. The molecule has 10 N–H and O–H groups in total. The number of hydrogen-bond acceptors (Lipinski definition) is 26. The Hall–Kier alpha value is -7.84. The van der Waals surface area contributed by atoms with E-state index >= 15 is 0 Å². The first kappa shape index (κ1) is 68.9. The number of amides is 2. The molecule has 30 heteroatoms. The Morgan fingerprint density at radius 1 is 0.826 bits per heavy atom. The molecule has 0 spiro atoms. The van der Waals surface area contributed by atoms with Crippen LogP contribution in [0.2, 0.25) is 0 Å². The monoisotopic (exact) mass is 1220 g/mol. The van der Waals surface area contributed by atoms with Gasteiger partial charge in [0.05, 0.1) is 73.3 Å². The molecule has 86 heavy (non-hydrogen) atoms. The normalized spacial score (nSPS) is 21.8. The lowest BCUT2D eigenvalue weighted by atomic mass is 9.70. The molecule has 5 rings (SSSR count). The number of phenols is 2. The van der Waals surface area contributed by atoms with Crippen LogP contribution in [0.15, 0.2) is 18.2 Å². The van der Waals surface area contributed by atoms with Gasteiger partial charge in [-0.15, -0.1) is 0 Å². The molecule has 3 aliphatic rings. The van der Waals surface area contributed by atoms with Crippen molar-refractivity contribution in [1.29, 1.82) is 0 Å². The largest absolute Gasteiger partial charge is 0.507 e. The van der Waals surface area contributed by atoms with Gasteiger partial charge in [0.1, 0.15) is 48.8 Å². The summed E-state index contributed by atoms with van der Waals surface area (Å²) in [5.74, 6) is -21.8. The molecule has 1 saturated heterocycles. The van der Waals surface area contributed by atoms with Gasteiger partial charge in [0.15, 0.2) is 35.5 Å². The van der Waals surface area contributed by atoms with Gasteiger partial charge < -0.3 is 89.4 Å². The van der Waals surface area contributed by atoms with Crippen LogP contribution < -0.4 is 15.4 Å². The van der Waals surface area contributed by atoms with Crippen molar-refractivity contribution in [2.75, 3.05) is 53.9 Å². The fraction of sp³-hybridized carbons (Fsp3) is 0.571. The molecule has 2 aliphatic carbocycles. The van der Waals surface area contributed by atoms with Crippen LogP contribution in [-0.4, -0.2) is 208 Å². The molecule has 0 aromatic heterocycles. The summed E-state index contributed by atoms with van der Waals surface area (Å²) >= 11 is 0. The van der Waals surface area contributed by atoms with E-state index in [0.29, 0.717) is 0 Å². The van der Waals surface area contributed by atoms with Crippen molar-refractivity contribution >= 4 is 70.6 Å². The molecule has 1 aliphatic heterocycles. The van der Waals surface area contributed by atoms with Crippen molar-refractivity contribution < 1.29 is 136 Å². The highest BCUT2D eigenvalue weighted by atomic mass is 16.7. The lowest BCUT2D eigenvalue weighted by molar-refractivity contribution is -0.340. The quantitative estimate of drug-likeness (QED) is 0.0116. The van der Waals surface area contributed by atoms with E-state index in [4.69, 9.17) is 37.9 Å². The third-order valence-corrected chi connectivity index (χ3v) is 14.5. The zero-order valence-corrected chi connectivity index (χ0v) is 47.6. The summed E-state index contributed by atoms with van der Waals surface area (Å²) in [5.41, 5.74) is -6.43. The number of ether oxygens (including phenoxy) is 8. The van der Waals surface area contributed by atoms with Gasteiger partial charge in [-0.2, -0.15) is 0 Å². The number of Topliss-reactive ketones (excluding diaryl/α,β-unsaturated/α-hetero) is 3. The van der Waals surface area contributed by atoms with Crippen molar-refractivity contribution in [3.63, 3.8) is 0 Å². The number of benzene rings is 2. The van der Waals surface area contributed by atoms with Crippen LogP contribution in [0.25, 0.3) is 0 Å². The molecule has 0 radical (unpaired) electrons. The van der Waals surface area contributed by atoms with Crippen molar-refractivity contribution in [3.8, 4) is 17.2 Å². The number of carboxylic acid groups (broad SMARTS) is 2. The van der Waals surface area contributed by atoms with Crippen LogP contribution in [0.1, 0.15) is 128 Å². The first-order chi connectivity index (χ1) is 40.5. The summed E-state index contributed by atoms with van der Waals surface area (Å²) in [4.78, 5) is 157. The average Bonchev–Trinajstić information content (AvgIpc) is 0.715. The molecule has 0 saturated carbocycles. The number of carbonyl (C=O) groups is 12. The Kier molecular flexibility index (Phi) is 24.4. The Morgan fingerprint density at radius 3 is 2.14 bits per heavy atom. The van der Waals surface area contributed by atoms with Crippen molar-refractivity contribution in [2.45, 2.75) is 139 Å². The van der Waals surface area contributed by atoms with Crippen LogP contribution in [0, 0.1) is 11.8 Å². The summed E-state index contributed by atoms with van der Waals surface area (Å²) in [5, 5.41) is 93.3. The average molecular weight is 1220 g/mol. The fourth-order valence-corrected chi connectivity index (χ4v) is 10.2. The van der Waals surface area contributed by atoms with Crippen molar-refractivity contribution in [2.24, 2.45) is 11.8 Å². The molecular formula is C56H70N2O28. The molecule has 2 aromatic rings. The molecule has 10 atom stereocenters. The zero-order valence-electron chi connectivity index (χ0n) is 47.6. The SMILES string of the molecule is COCCOCCOC(=O)CCC(CC(=O)COC(=O)C(C)OC(C)=O)C(=O)NC(CCC(=O)N[C@H]1C[C@H](O[C@@]2(O)C[C@](O)(C(=O)CO)Cc3c(O)c4c(c(O)c32)C(=O)c2c(OC)cccc2C4=O)O[C@@H](C)[C@H]1O)C(=O)CC(CCC(=O)O)C(=O)O. The van der Waals surface area contributed by atoms with Gasteiger partial charge in [-0.25, -0.2) is 4.79 Å². The second-order valence-corrected chi connectivity index (χ2v) is 20.8. The Balaban J connectivity index is 1.41. The smallest absolute Gasteiger partial charge is 0.347 e. The van der Waals surface area contributed by atoms with E-state index in [0.717, 1.165) is 6.92 Å². The van der Waals surface area contributed by atoms with E-state index in [2.05, 4.69) is 10.6 Å². The minimum absolute atomic E-state index is 0.0312. The van der Waals surface area contributed by atoms with Crippen LogP contribution in [0.4, 0.5) is 0 Å². The summed E-state index contributed by atoms with van der Waals surface area (Å²) in [7, 11) is 2.65. The molecule has 1 heterocycles. The van der Waals surface area contributed by atoms with E-state index in [1.54, 1.807) is 0 Å². The number of aliphatic hydroxyl groups is 4. The maximum absolute atomic E-state index is 14.2. The van der Waals surface area contributed by atoms with Crippen LogP contribution in [0.3, 0.4) is 0 Å². The molecule has 2 aromatic carbocycles. The number of phenolic OH excluding ortho intramolecular Hbond substituents is 2. The van der Waals surface area contributed by atoms with Gasteiger partial charge in [0, 0.05) is 82.4 Å². The molecule has 4 unspecified atom stereocenters. The molecule has 2 amide bonds. The van der Waals surface area contributed by atoms with Crippen LogP contribution in [0.5, 0.6) is 17.2 Å². The third-order valence-electron chi connectivity index (χ3n) is 14.5. The lowest BCUT2D eigenvalue weighted by Gasteiger charge is -2.46. The van der Waals surface area contributed by atoms with Gasteiger partial charge in [-0.1, -0.05) is 12.1 Å². The van der Waals surface area contributed by atoms with E-state index < -0.39 is 248 Å². The summed E-state index contributed by atoms with van der Waals surface area (Å²) in [6.45, 7) is 1.39. The first-order valence-corrected chi connectivity index (χ1v) is 27.1. The minimum atomic E-state index is -3.17. The number of aliphatic carboxylic acids is 2. The molecular weight excluding hydrogens is 1150 g/mol. The molecule has 1 fully saturated rings.